The Kier molecular flexibility index (Phi) is 5.14. The van der Waals surface area contributed by atoms with Crippen molar-refractivity contribution in [3.05, 3.63) is 35.9 Å². The molecule has 8 heteroatoms. The molecular weight excluding hydrogens is 380 g/mol. The van der Waals surface area contributed by atoms with E-state index in [9.17, 15) is 9.59 Å². The van der Waals surface area contributed by atoms with Gasteiger partial charge < -0.3 is 28.4 Å². The van der Waals surface area contributed by atoms with Crippen molar-refractivity contribution >= 4 is 11.9 Å². The minimum atomic E-state index is -1.34. The summed E-state index contributed by atoms with van der Waals surface area (Å²) in [6, 6.07) is 9.45. The third-order valence-corrected chi connectivity index (χ3v) is 5.39. The Morgan fingerprint density at radius 3 is 2.59 bits per heavy atom. The molecule has 0 bridgehead atoms. The summed E-state index contributed by atoms with van der Waals surface area (Å²) in [4.78, 5) is 24.8. The maximum absolute atomic E-state index is 12.7. The first kappa shape index (κ1) is 20.3. The largest absolute Gasteiger partial charge is 0.455 e. The molecule has 6 atom stereocenters. The number of fused-ring (bicyclic) bond motifs is 2. The lowest BCUT2D eigenvalue weighted by Crippen LogP contribution is -2.67. The first-order chi connectivity index (χ1) is 13.7. The van der Waals surface area contributed by atoms with E-state index in [-0.39, 0.29) is 13.0 Å². The van der Waals surface area contributed by atoms with Gasteiger partial charge in [-0.1, -0.05) is 30.3 Å². The molecule has 1 aromatic carbocycles. The number of carbonyl (C=O) groups excluding carboxylic acids is 2. The van der Waals surface area contributed by atoms with Crippen LogP contribution in [0.15, 0.2) is 30.3 Å². The first-order valence-corrected chi connectivity index (χ1v) is 9.69. The zero-order valence-corrected chi connectivity index (χ0v) is 17.0. The smallest absolute Gasteiger partial charge is 0.312 e. The zero-order valence-electron chi connectivity index (χ0n) is 17.0. The SMILES string of the molecule is CO[C@@]12CC(=O)O[C@@H]1[C@@H](OC(=O)C(C)(C)C)[C@@H]1O[C@H](c3ccccc3)OC[C@H]1O2. The summed E-state index contributed by atoms with van der Waals surface area (Å²) in [6.07, 6.45) is -3.82. The molecule has 3 aliphatic heterocycles. The molecule has 29 heavy (non-hydrogen) atoms. The second-order valence-electron chi connectivity index (χ2n) is 8.56. The molecule has 0 spiro atoms. The number of hydrogen-bond acceptors (Lipinski definition) is 8. The maximum Gasteiger partial charge on any atom is 0.312 e. The summed E-state index contributed by atoms with van der Waals surface area (Å²) in [7, 11) is 1.44. The molecule has 0 radical (unpaired) electrons. The number of carbonyl (C=O) groups is 2. The van der Waals surface area contributed by atoms with Gasteiger partial charge in [0.15, 0.2) is 18.5 Å². The normalized spacial score (nSPS) is 36.7. The average molecular weight is 406 g/mol. The van der Waals surface area contributed by atoms with Crippen LogP contribution in [-0.2, 0) is 38.0 Å². The molecule has 0 unspecified atom stereocenters. The number of ether oxygens (including phenoxy) is 6. The number of methoxy groups -OCH3 is 1. The van der Waals surface area contributed by atoms with Gasteiger partial charge in [-0.25, -0.2) is 0 Å². The van der Waals surface area contributed by atoms with Crippen LogP contribution in [0.25, 0.3) is 0 Å². The number of hydrogen-bond donors (Lipinski definition) is 0. The fourth-order valence-corrected chi connectivity index (χ4v) is 3.82. The van der Waals surface area contributed by atoms with Gasteiger partial charge in [-0.2, -0.15) is 0 Å². The number of esters is 2. The van der Waals surface area contributed by atoms with Gasteiger partial charge in [-0.3, -0.25) is 9.59 Å². The Morgan fingerprint density at radius 2 is 1.93 bits per heavy atom. The van der Waals surface area contributed by atoms with Gasteiger partial charge in [0, 0.05) is 12.7 Å². The van der Waals surface area contributed by atoms with Crippen molar-refractivity contribution in [1.29, 1.82) is 0 Å². The summed E-state index contributed by atoms with van der Waals surface area (Å²) in [5, 5.41) is 0. The number of rotatable bonds is 3. The summed E-state index contributed by atoms with van der Waals surface area (Å²) in [6.45, 7) is 5.47. The van der Waals surface area contributed by atoms with Crippen LogP contribution >= 0.6 is 0 Å². The lowest BCUT2D eigenvalue weighted by atomic mass is 9.90. The summed E-state index contributed by atoms with van der Waals surface area (Å²) in [5.74, 6) is -2.25. The Bertz CT molecular complexity index is 773. The predicted molar refractivity (Wildman–Crippen MR) is 98.5 cm³/mol. The first-order valence-electron chi connectivity index (χ1n) is 9.69. The molecule has 3 saturated heterocycles. The van der Waals surface area contributed by atoms with E-state index in [1.165, 1.54) is 7.11 Å². The average Bonchev–Trinajstić information content (AvgIpc) is 3.03. The molecule has 0 amide bonds. The van der Waals surface area contributed by atoms with E-state index in [0.717, 1.165) is 5.56 Å². The second kappa shape index (κ2) is 7.36. The highest BCUT2D eigenvalue weighted by molar-refractivity contribution is 5.76. The zero-order chi connectivity index (χ0) is 20.8. The standard InChI is InChI=1S/C21H26O8/c1-20(2,3)19(23)28-16-15-13(29-21(24-4)10-14(22)26-17(16)21)11-25-18(27-15)12-8-6-5-7-9-12/h5-9,13,15-18H,10-11H2,1-4H3/t13-,15-,16+,17-,18-,21-/m1/s1. The molecule has 8 nitrogen and oxygen atoms in total. The molecule has 4 rings (SSSR count). The van der Waals surface area contributed by atoms with Crippen LogP contribution in [0.3, 0.4) is 0 Å². The second-order valence-corrected chi connectivity index (χ2v) is 8.56. The predicted octanol–water partition coefficient (Wildman–Crippen LogP) is 2.12. The lowest BCUT2D eigenvalue weighted by molar-refractivity contribution is -0.385. The minimum Gasteiger partial charge on any atom is -0.455 e. The maximum atomic E-state index is 12.7. The molecule has 0 aromatic heterocycles. The van der Waals surface area contributed by atoms with Gasteiger partial charge in [0.2, 0.25) is 5.79 Å². The van der Waals surface area contributed by atoms with Gasteiger partial charge in [0.1, 0.15) is 18.6 Å². The molecule has 0 saturated carbocycles. The monoisotopic (exact) mass is 406 g/mol. The van der Waals surface area contributed by atoms with E-state index in [0.29, 0.717) is 0 Å². The quantitative estimate of drug-likeness (QED) is 0.705. The van der Waals surface area contributed by atoms with E-state index in [1.807, 2.05) is 30.3 Å². The summed E-state index contributed by atoms with van der Waals surface area (Å²) >= 11 is 0. The van der Waals surface area contributed by atoms with Crippen LogP contribution in [-0.4, -0.2) is 55.9 Å². The topological polar surface area (TPSA) is 89.5 Å². The van der Waals surface area contributed by atoms with E-state index in [2.05, 4.69) is 0 Å². The van der Waals surface area contributed by atoms with Gasteiger partial charge in [0.25, 0.3) is 0 Å². The lowest BCUT2D eigenvalue weighted by Gasteiger charge is -2.50. The van der Waals surface area contributed by atoms with E-state index in [4.69, 9.17) is 28.4 Å². The van der Waals surface area contributed by atoms with Crippen molar-refractivity contribution in [2.75, 3.05) is 13.7 Å². The van der Waals surface area contributed by atoms with Gasteiger partial charge in [-0.05, 0) is 20.8 Å². The van der Waals surface area contributed by atoms with Crippen molar-refractivity contribution in [2.45, 2.75) is 63.7 Å². The van der Waals surface area contributed by atoms with Gasteiger partial charge in [-0.15, -0.1) is 0 Å². The van der Waals surface area contributed by atoms with Crippen molar-refractivity contribution in [3.8, 4) is 0 Å². The minimum absolute atomic E-state index is 0.0942. The third kappa shape index (κ3) is 3.66. The highest BCUT2D eigenvalue weighted by Crippen LogP contribution is 2.45. The van der Waals surface area contributed by atoms with Crippen LogP contribution in [0.5, 0.6) is 0 Å². The van der Waals surface area contributed by atoms with Crippen molar-refractivity contribution in [3.63, 3.8) is 0 Å². The van der Waals surface area contributed by atoms with Crippen molar-refractivity contribution < 1.29 is 38.0 Å². The molecule has 3 fully saturated rings. The highest BCUT2D eigenvalue weighted by atomic mass is 16.8. The molecule has 0 N–H and O–H groups in total. The Labute approximate surface area is 169 Å². The molecular formula is C21H26O8. The van der Waals surface area contributed by atoms with E-state index in [1.54, 1.807) is 20.8 Å². The van der Waals surface area contributed by atoms with Gasteiger partial charge >= 0.3 is 11.9 Å². The number of benzene rings is 1. The van der Waals surface area contributed by atoms with Gasteiger partial charge in [0.05, 0.1) is 12.0 Å². The summed E-state index contributed by atoms with van der Waals surface area (Å²) < 4.78 is 35.0. The van der Waals surface area contributed by atoms with Crippen molar-refractivity contribution in [2.24, 2.45) is 5.41 Å². The van der Waals surface area contributed by atoms with E-state index >= 15 is 0 Å². The summed E-state index contributed by atoms with van der Waals surface area (Å²) in [5.41, 5.74) is 0.0923. The Morgan fingerprint density at radius 1 is 1.21 bits per heavy atom. The van der Waals surface area contributed by atoms with Crippen LogP contribution in [0.1, 0.15) is 39.0 Å². The third-order valence-electron chi connectivity index (χ3n) is 5.39. The molecule has 3 heterocycles. The van der Waals surface area contributed by atoms with Crippen LogP contribution in [0.2, 0.25) is 0 Å². The Hall–Kier alpha value is -2.00. The van der Waals surface area contributed by atoms with Crippen LogP contribution < -0.4 is 0 Å². The Balaban J connectivity index is 1.65. The molecule has 1 aromatic rings. The molecule has 158 valence electrons. The van der Waals surface area contributed by atoms with Crippen LogP contribution in [0.4, 0.5) is 0 Å². The molecule has 3 aliphatic rings. The highest BCUT2D eigenvalue weighted by Gasteiger charge is 2.65. The molecule has 0 aliphatic carbocycles. The fourth-order valence-electron chi connectivity index (χ4n) is 3.82. The van der Waals surface area contributed by atoms with E-state index < -0.39 is 53.8 Å². The fraction of sp³-hybridized carbons (Fsp3) is 0.619. The van der Waals surface area contributed by atoms with Crippen molar-refractivity contribution in [1.82, 2.24) is 0 Å². The van der Waals surface area contributed by atoms with Crippen LogP contribution in [0, 0.1) is 5.41 Å².